The van der Waals surface area contributed by atoms with E-state index in [1.165, 1.54) is 36.5 Å². The summed E-state index contributed by atoms with van der Waals surface area (Å²) in [6.45, 7) is 2.60. The molecule has 2 nitrogen and oxygen atoms in total. The average Bonchev–Trinajstić information content (AvgIpc) is 2.45. The van der Waals surface area contributed by atoms with Gasteiger partial charge in [-0.05, 0) is 54.9 Å². The van der Waals surface area contributed by atoms with Crippen molar-refractivity contribution in [1.82, 2.24) is 0 Å². The molecule has 0 atom stereocenters. The van der Waals surface area contributed by atoms with Gasteiger partial charge in [-0.2, -0.15) is 0 Å². The van der Waals surface area contributed by atoms with Crippen molar-refractivity contribution in [3.63, 3.8) is 0 Å². The fourth-order valence-corrected chi connectivity index (χ4v) is 2.39. The van der Waals surface area contributed by atoms with Gasteiger partial charge < -0.3 is 4.74 Å². The first-order chi connectivity index (χ1) is 9.29. The normalized spacial score (nSPS) is 14.4. The summed E-state index contributed by atoms with van der Waals surface area (Å²) < 4.78 is 5.09. The quantitative estimate of drug-likeness (QED) is 0.454. The lowest BCUT2D eigenvalue weighted by atomic mass is 9.90. The third-order valence-electron chi connectivity index (χ3n) is 3.53. The minimum absolute atomic E-state index is 0.244. The molecule has 19 heavy (non-hydrogen) atoms. The minimum Gasteiger partial charge on any atom is -0.463 e. The highest BCUT2D eigenvalue weighted by molar-refractivity contribution is 5.87. The highest BCUT2D eigenvalue weighted by atomic mass is 16.5. The van der Waals surface area contributed by atoms with Crippen molar-refractivity contribution in [2.45, 2.75) is 45.4 Å². The van der Waals surface area contributed by atoms with E-state index in [-0.39, 0.29) is 5.97 Å². The predicted octanol–water partition coefficient (Wildman–Crippen LogP) is 3.92. The van der Waals surface area contributed by atoms with Crippen LogP contribution >= 0.6 is 0 Å². The second-order valence-corrected chi connectivity index (χ2v) is 5.09. The van der Waals surface area contributed by atoms with Gasteiger partial charge in [0.2, 0.25) is 0 Å². The van der Waals surface area contributed by atoms with Crippen molar-refractivity contribution in [1.29, 1.82) is 0 Å². The maximum atomic E-state index is 11.5. The molecule has 2 rings (SSSR count). The molecule has 102 valence electrons. The molecule has 1 aromatic carbocycles. The fourth-order valence-electron chi connectivity index (χ4n) is 2.39. The first-order valence-electron chi connectivity index (χ1n) is 7.26. The van der Waals surface area contributed by atoms with E-state index >= 15 is 0 Å². The molecule has 0 bridgehead atoms. The smallest absolute Gasteiger partial charge is 0.330 e. The number of unbranched alkanes of at least 4 members (excludes halogenated alkanes) is 1. The van der Waals surface area contributed by atoms with Crippen LogP contribution in [0.4, 0.5) is 0 Å². The summed E-state index contributed by atoms with van der Waals surface area (Å²) in [5.41, 5.74) is 4.00. The Hall–Kier alpha value is -1.57. The molecule has 0 spiro atoms. The third-order valence-corrected chi connectivity index (χ3v) is 3.53. The SMILES string of the molecule is CCCCOC(=O)/C=C/c1ccc2c(c1)CCCC2. The number of benzene rings is 1. The van der Waals surface area contributed by atoms with E-state index in [0.29, 0.717) is 6.61 Å². The molecular weight excluding hydrogens is 236 g/mol. The van der Waals surface area contributed by atoms with Crippen LogP contribution in [0.1, 0.15) is 49.3 Å². The average molecular weight is 258 g/mol. The molecule has 0 amide bonds. The van der Waals surface area contributed by atoms with Gasteiger partial charge in [-0.15, -0.1) is 0 Å². The van der Waals surface area contributed by atoms with Crippen molar-refractivity contribution in [3.8, 4) is 0 Å². The van der Waals surface area contributed by atoms with Crippen LogP contribution in [0.25, 0.3) is 6.08 Å². The Labute approximate surface area is 115 Å². The van der Waals surface area contributed by atoms with Crippen LogP contribution in [-0.4, -0.2) is 12.6 Å². The Bertz CT molecular complexity index is 460. The van der Waals surface area contributed by atoms with E-state index in [0.717, 1.165) is 24.8 Å². The van der Waals surface area contributed by atoms with Gasteiger partial charge in [0, 0.05) is 6.08 Å². The molecule has 0 unspecified atom stereocenters. The lowest BCUT2D eigenvalue weighted by Gasteiger charge is -2.15. The molecule has 0 saturated heterocycles. The van der Waals surface area contributed by atoms with Crippen LogP contribution in [0.15, 0.2) is 24.3 Å². The number of hydrogen-bond acceptors (Lipinski definition) is 2. The van der Waals surface area contributed by atoms with E-state index < -0.39 is 0 Å². The van der Waals surface area contributed by atoms with Crippen LogP contribution in [0.3, 0.4) is 0 Å². The summed E-state index contributed by atoms with van der Waals surface area (Å²) in [6, 6.07) is 6.47. The molecule has 0 aliphatic heterocycles. The Kier molecular flexibility index (Phi) is 5.20. The van der Waals surface area contributed by atoms with Gasteiger partial charge in [-0.3, -0.25) is 0 Å². The van der Waals surface area contributed by atoms with Gasteiger partial charge in [-0.25, -0.2) is 4.79 Å². The standard InChI is InChI=1S/C17H22O2/c1-2-3-12-19-17(18)11-9-14-8-10-15-6-4-5-7-16(15)13-14/h8-11,13H,2-7,12H2,1H3/b11-9+. The highest BCUT2D eigenvalue weighted by Crippen LogP contribution is 2.22. The monoisotopic (exact) mass is 258 g/mol. The third kappa shape index (κ3) is 4.23. The topological polar surface area (TPSA) is 26.3 Å². The molecule has 0 saturated carbocycles. The largest absolute Gasteiger partial charge is 0.463 e. The Morgan fingerprint density at radius 1 is 1.26 bits per heavy atom. The summed E-state index contributed by atoms with van der Waals surface area (Å²) in [7, 11) is 0. The predicted molar refractivity (Wildman–Crippen MR) is 78.0 cm³/mol. The van der Waals surface area contributed by atoms with Crippen molar-refractivity contribution in [2.24, 2.45) is 0 Å². The van der Waals surface area contributed by atoms with Crippen molar-refractivity contribution in [2.75, 3.05) is 6.61 Å². The lowest BCUT2D eigenvalue weighted by Crippen LogP contribution is -2.03. The number of hydrogen-bond donors (Lipinski definition) is 0. The zero-order chi connectivity index (χ0) is 13.5. The van der Waals surface area contributed by atoms with Gasteiger partial charge >= 0.3 is 5.97 Å². The van der Waals surface area contributed by atoms with E-state index in [2.05, 4.69) is 25.1 Å². The Morgan fingerprint density at radius 3 is 2.84 bits per heavy atom. The Balaban J connectivity index is 1.93. The lowest BCUT2D eigenvalue weighted by molar-refractivity contribution is -0.137. The fraction of sp³-hybridized carbons (Fsp3) is 0.471. The number of ether oxygens (including phenoxy) is 1. The summed E-state index contributed by atoms with van der Waals surface area (Å²) in [5, 5.41) is 0. The molecule has 0 heterocycles. The van der Waals surface area contributed by atoms with Gasteiger partial charge in [0.05, 0.1) is 6.61 Å². The molecule has 2 heteroatoms. The van der Waals surface area contributed by atoms with Crippen molar-refractivity contribution < 1.29 is 9.53 Å². The van der Waals surface area contributed by atoms with Crippen molar-refractivity contribution >= 4 is 12.0 Å². The maximum Gasteiger partial charge on any atom is 0.330 e. The zero-order valence-corrected chi connectivity index (χ0v) is 11.7. The Morgan fingerprint density at radius 2 is 2.05 bits per heavy atom. The summed E-state index contributed by atoms with van der Waals surface area (Å²) in [4.78, 5) is 11.5. The van der Waals surface area contributed by atoms with Crippen LogP contribution in [0, 0.1) is 0 Å². The zero-order valence-electron chi connectivity index (χ0n) is 11.7. The molecule has 0 radical (unpaired) electrons. The number of rotatable bonds is 5. The summed E-state index contributed by atoms with van der Waals surface area (Å²) in [5.74, 6) is -0.244. The molecule has 0 aromatic heterocycles. The van der Waals surface area contributed by atoms with E-state index in [4.69, 9.17) is 4.74 Å². The first-order valence-corrected chi connectivity index (χ1v) is 7.26. The number of fused-ring (bicyclic) bond motifs is 1. The molecule has 0 N–H and O–H groups in total. The minimum atomic E-state index is -0.244. The number of aryl methyl sites for hydroxylation is 2. The molecule has 1 aliphatic rings. The van der Waals surface area contributed by atoms with Crippen molar-refractivity contribution in [3.05, 3.63) is 41.0 Å². The van der Waals surface area contributed by atoms with Crippen LogP contribution < -0.4 is 0 Å². The van der Waals surface area contributed by atoms with Gasteiger partial charge in [0.15, 0.2) is 0 Å². The van der Waals surface area contributed by atoms with E-state index in [1.54, 1.807) is 0 Å². The van der Waals surface area contributed by atoms with Crippen LogP contribution in [0.5, 0.6) is 0 Å². The second kappa shape index (κ2) is 7.13. The van der Waals surface area contributed by atoms with Crippen LogP contribution in [0.2, 0.25) is 0 Å². The van der Waals surface area contributed by atoms with E-state index in [1.807, 2.05) is 6.08 Å². The highest BCUT2D eigenvalue weighted by Gasteiger charge is 2.08. The second-order valence-electron chi connectivity index (χ2n) is 5.09. The van der Waals surface area contributed by atoms with E-state index in [9.17, 15) is 4.79 Å². The van der Waals surface area contributed by atoms with Crippen LogP contribution in [-0.2, 0) is 22.4 Å². The summed E-state index contributed by atoms with van der Waals surface area (Å²) >= 11 is 0. The number of carbonyl (C=O) groups excluding carboxylic acids is 1. The van der Waals surface area contributed by atoms with Gasteiger partial charge in [0.1, 0.15) is 0 Å². The summed E-state index contributed by atoms with van der Waals surface area (Å²) in [6.07, 6.45) is 10.3. The maximum absolute atomic E-state index is 11.5. The molecular formula is C17H22O2. The van der Waals surface area contributed by atoms with Gasteiger partial charge in [0.25, 0.3) is 0 Å². The van der Waals surface area contributed by atoms with Gasteiger partial charge in [-0.1, -0.05) is 31.5 Å². The number of esters is 1. The molecule has 1 aromatic rings. The first kappa shape index (κ1) is 13.9. The molecule has 1 aliphatic carbocycles. The number of carbonyl (C=O) groups is 1. The molecule has 0 fully saturated rings.